The van der Waals surface area contributed by atoms with Gasteiger partial charge in [0.2, 0.25) is 0 Å². The minimum atomic E-state index is 0.504. The zero-order valence-electron chi connectivity index (χ0n) is 27.0. The summed E-state index contributed by atoms with van der Waals surface area (Å²) in [4.78, 5) is 0. The Morgan fingerprint density at radius 1 is 0.302 bits per heavy atom. The maximum atomic E-state index is 5.56. The second kappa shape index (κ2) is 41.1. The first-order valence-corrected chi connectivity index (χ1v) is 16.0. The molecular weight excluding hydrogens is 564 g/mol. The topological polar surface area (TPSA) is 111 Å². The summed E-state index contributed by atoms with van der Waals surface area (Å²) in [6, 6.07) is 0. The first-order valence-electron chi connectivity index (χ1n) is 16.0. The highest BCUT2D eigenvalue weighted by Crippen LogP contribution is 2.02. The first kappa shape index (κ1) is 42.1. The Bertz CT molecular complexity index is 501. The van der Waals surface area contributed by atoms with Gasteiger partial charge in [-0.15, -0.1) is 0 Å². The number of hydrogen-bond acceptors (Lipinski definition) is 12. The molecule has 0 aliphatic carbocycles. The molecule has 0 saturated carbocycles. The molecule has 0 aromatic carbocycles. The van der Waals surface area contributed by atoms with Gasteiger partial charge in [-0.05, 0) is 6.42 Å². The Balaban J connectivity index is 3.03. The van der Waals surface area contributed by atoms with Crippen LogP contribution in [0.5, 0.6) is 0 Å². The number of rotatable bonds is 40. The normalized spacial score (nSPS) is 11.4. The van der Waals surface area contributed by atoms with Crippen LogP contribution in [0, 0.1) is 0 Å². The molecule has 0 amide bonds. The van der Waals surface area contributed by atoms with Crippen molar-refractivity contribution in [2.45, 2.75) is 39.0 Å². The molecular formula is C31H62O12. The molecule has 0 spiro atoms. The van der Waals surface area contributed by atoms with Crippen molar-refractivity contribution in [2.75, 3.05) is 152 Å². The lowest BCUT2D eigenvalue weighted by atomic mass is 10.2. The number of ether oxygens (including phenoxy) is 12. The van der Waals surface area contributed by atoms with E-state index >= 15 is 0 Å². The molecule has 0 aliphatic rings. The van der Waals surface area contributed by atoms with Gasteiger partial charge in [0.05, 0.1) is 145 Å². The summed E-state index contributed by atoms with van der Waals surface area (Å²) in [6.07, 6.45) is 7.68. The van der Waals surface area contributed by atoms with E-state index < -0.39 is 0 Å². The van der Waals surface area contributed by atoms with Crippen LogP contribution in [0.2, 0.25) is 0 Å². The van der Waals surface area contributed by atoms with E-state index in [-0.39, 0.29) is 0 Å². The molecule has 0 saturated heterocycles. The summed E-state index contributed by atoms with van der Waals surface area (Å²) in [5.41, 5.74) is 0. The van der Waals surface area contributed by atoms with E-state index in [1.165, 1.54) is 31.9 Å². The fourth-order valence-corrected chi connectivity index (χ4v) is 3.30. The van der Waals surface area contributed by atoms with Crippen LogP contribution in [0.25, 0.3) is 0 Å². The van der Waals surface area contributed by atoms with Crippen molar-refractivity contribution in [3.05, 3.63) is 12.8 Å². The summed E-state index contributed by atoms with van der Waals surface area (Å²) >= 11 is 0. The predicted molar refractivity (Wildman–Crippen MR) is 164 cm³/mol. The van der Waals surface area contributed by atoms with E-state index in [2.05, 4.69) is 13.5 Å². The van der Waals surface area contributed by atoms with Gasteiger partial charge in [-0.3, -0.25) is 0 Å². The van der Waals surface area contributed by atoms with E-state index in [1.807, 2.05) is 0 Å². The lowest BCUT2D eigenvalue weighted by Crippen LogP contribution is -2.15. The highest BCUT2D eigenvalue weighted by Gasteiger charge is 1.96. The maximum absolute atomic E-state index is 5.56. The molecule has 0 heterocycles. The monoisotopic (exact) mass is 626 g/mol. The second-order valence-corrected chi connectivity index (χ2v) is 9.19. The van der Waals surface area contributed by atoms with Crippen molar-refractivity contribution < 1.29 is 56.8 Å². The van der Waals surface area contributed by atoms with Crippen LogP contribution in [-0.4, -0.2) is 152 Å². The van der Waals surface area contributed by atoms with Crippen molar-refractivity contribution in [3.63, 3.8) is 0 Å². The quantitative estimate of drug-likeness (QED) is 0.0735. The fourth-order valence-electron chi connectivity index (χ4n) is 3.30. The maximum Gasteiger partial charge on any atom is 0.111 e. The number of hydrogen-bond donors (Lipinski definition) is 0. The molecule has 0 aliphatic heterocycles. The molecule has 0 atom stereocenters. The SMILES string of the molecule is C=COCCOCCOCCOCCOCCOCCOCCOCCOCCOCCOCCOCCCCCCC. The van der Waals surface area contributed by atoms with Crippen LogP contribution >= 0.6 is 0 Å². The van der Waals surface area contributed by atoms with E-state index in [0.29, 0.717) is 145 Å². The Labute approximate surface area is 260 Å². The van der Waals surface area contributed by atoms with Crippen LogP contribution in [-0.2, 0) is 56.8 Å². The second-order valence-electron chi connectivity index (χ2n) is 9.19. The Morgan fingerprint density at radius 3 is 0.791 bits per heavy atom. The van der Waals surface area contributed by atoms with Crippen LogP contribution in [0.1, 0.15) is 39.0 Å². The molecule has 258 valence electrons. The molecule has 0 rings (SSSR count). The molecule has 43 heavy (non-hydrogen) atoms. The van der Waals surface area contributed by atoms with Gasteiger partial charge in [-0.25, -0.2) is 0 Å². The fraction of sp³-hybridized carbons (Fsp3) is 0.935. The van der Waals surface area contributed by atoms with Crippen molar-refractivity contribution in [1.82, 2.24) is 0 Å². The third-order valence-corrected chi connectivity index (χ3v) is 5.58. The van der Waals surface area contributed by atoms with Gasteiger partial charge in [0, 0.05) is 6.61 Å². The summed E-state index contributed by atoms with van der Waals surface area (Å²) < 4.78 is 65.0. The zero-order valence-corrected chi connectivity index (χ0v) is 27.0. The Kier molecular flexibility index (Phi) is 40.2. The molecule has 0 N–H and O–H groups in total. The summed E-state index contributed by atoms with van der Waals surface area (Å²) in [5, 5.41) is 0. The van der Waals surface area contributed by atoms with E-state index in [1.54, 1.807) is 0 Å². The van der Waals surface area contributed by atoms with E-state index in [0.717, 1.165) is 13.0 Å². The Hall–Kier alpha value is -0.900. The standard InChI is InChI=1S/C31H62O12/c1-3-5-6-7-8-9-33-12-13-35-16-17-37-20-21-39-24-25-41-28-29-43-31-30-42-27-26-40-23-22-38-19-18-36-15-14-34-11-10-32-4-2/h4H,2-3,5-31H2,1H3. The molecule has 12 nitrogen and oxygen atoms in total. The van der Waals surface area contributed by atoms with Crippen LogP contribution < -0.4 is 0 Å². The third kappa shape index (κ3) is 41.1. The minimum absolute atomic E-state index is 0.504. The van der Waals surface area contributed by atoms with Gasteiger partial charge in [0.15, 0.2) is 0 Å². The van der Waals surface area contributed by atoms with Crippen LogP contribution in [0.3, 0.4) is 0 Å². The van der Waals surface area contributed by atoms with Crippen LogP contribution in [0.15, 0.2) is 12.8 Å². The van der Waals surface area contributed by atoms with Crippen LogP contribution in [0.4, 0.5) is 0 Å². The average molecular weight is 627 g/mol. The first-order chi connectivity index (χ1) is 21.4. The minimum Gasteiger partial charge on any atom is -0.499 e. The van der Waals surface area contributed by atoms with Gasteiger partial charge in [-0.1, -0.05) is 39.2 Å². The van der Waals surface area contributed by atoms with E-state index in [4.69, 9.17) is 56.8 Å². The molecule has 0 bridgehead atoms. The molecule has 0 unspecified atom stereocenters. The smallest absolute Gasteiger partial charge is 0.111 e. The highest BCUT2D eigenvalue weighted by atomic mass is 16.6. The Morgan fingerprint density at radius 2 is 0.535 bits per heavy atom. The third-order valence-electron chi connectivity index (χ3n) is 5.58. The molecule has 0 aromatic rings. The molecule has 12 heteroatoms. The molecule has 0 radical (unpaired) electrons. The average Bonchev–Trinajstić information content (AvgIpc) is 3.02. The van der Waals surface area contributed by atoms with E-state index in [9.17, 15) is 0 Å². The highest BCUT2D eigenvalue weighted by molar-refractivity contribution is 4.48. The summed E-state index contributed by atoms with van der Waals surface area (Å²) in [5.74, 6) is 0. The van der Waals surface area contributed by atoms with Gasteiger partial charge < -0.3 is 56.8 Å². The number of unbranched alkanes of at least 4 members (excludes halogenated alkanes) is 4. The van der Waals surface area contributed by atoms with Gasteiger partial charge in [-0.2, -0.15) is 0 Å². The van der Waals surface area contributed by atoms with Gasteiger partial charge in [0.25, 0.3) is 0 Å². The van der Waals surface area contributed by atoms with Gasteiger partial charge >= 0.3 is 0 Å². The van der Waals surface area contributed by atoms with Gasteiger partial charge in [0.1, 0.15) is 6.61 Å². The summed E-state index contributed by atoms with van der Waals surface area (Å²) in [7, 11) is 0. The predicted octanol–water partition coefficient (Wildman–Crippen LogP) is 3.30. The largest absolute Gasteiger partial charge is 0.499 e. The van der Waals surface area contributed by atoms with Crippen molar-refractivity contribution in [1.29, 1.82) is 0 Å². The summed E-state index contributed by atoms with van der Waals surface area (Å²) in [6.45, 7) is 18.3. The zero-order chi connectivity index (χ0) is 31.0. The lowest BCUT2D eigenvalue weighted by molar-refractivity contribution is -0.0279. The molecule has 0 aromatic heterocycles. The van der Waals surface area contributed by atoms with Crippen molar-refractivity contribution in [2.24, 2.45) is 0 Å². The van der Waals surface area contributed by atoms with Crippen molar-refractivity contribution >= 4 is 0 Å². The molecule has 0 fully saturated rings. The van der Waals surface area contributed by atoms with Crippen molar-refractivity contribution in [3.8, 4) is 0 Å². The lowest BCUT2D eigenvalue weighted by Gasteiger charge is -2.09.